The molecular weight excluding hydrogens is 218 g/mol. The Morgan fingerprint density at radius 1 is 1.35 bits per heavy atom. The fourth-order valence-electron chi connectivity index (χ4n) is 2.54. The van der Waals surface area contributed by atoms with E-state index in [9.17, 15) is 9.59 Å². The fraction of sp³-hybridized carbons (Fsp3) is 0.833. The van der Waals surface area contributed by atoms with Gasteiger partial charge in [0.25, 0.3) is 0 Å². The number of carbonyl (C=O) groups is 2. The summed E-state index contributed by atoms with van der Waals surface area (Å²) in [6, 6.07) is 0. The summed E-state index contributed by atoms with van der Waals surface area (Å²) in [6.45, 7) is 1.85. The van der Waals surface area contributed by atoms with Crippen LogP contribution in [0.1, 0.15) is 25.7 Å². The zero-order valence-corrected chi connectivity index (χ0v) is 10.4. The molecule has 5 heteroatoms. The minimum absolute atomic E-state index is 0.0667. The highest BCUT2D eigenvalue weighted by molar-refractivity contribution is 5.86. The van der Waals surface area contributed by atoms with Crippen LogP contribution in [0.2, 0.25) is 0 Å². The SMILES string of the molecule is CNC(=O)C1CCN(C(=O)C2(CN)CC2)CC1. The van der Waals surface area contributed by atoms with Crippen molar-refractivity contribution in [2.45, 2.75) is 25.7 Å². The first kappa shape index (κ1) is 12.4. The van der Waals surface area contributed by atoms with E-state index in [1.54, 1.807) is 7.05 Å². The maximum absolute atomic E-state index is 12.2. The molecule has 5 nitrogen and oxygen atoms in total. The largest absolute Gasteiger partial charge is 0.359 e. The van der Waals surface area contributed by atoms with Crippen LogP contribution in [0, 0.1) is 11.3 Å². The molecule has 96 valence electrons. The maximum Gasteiger partial charge on any atom is 0.230 e. The van der Waals surface area contributed by atoms with E-state index in [1.165, 1.54) is 0 Å². The van der Waals surface area contributed by atoms with Crippen molar-refractivity contribution in [3.63, 3.8) is 0 Å². The lowest BCUT2D eigenvalue weighted by molar-refractivity contribution is -0.140. The molecule has 2 fully saturated rings. The number of nitrogens with zero attached hydrogens (tertiary/aromatic N) is 1. The monoisotopic (exact) mass is 239 g/mol. The molecule has 1 saturated carbocycles. The predicted octanol–water partition coefficient (Wildman–Crippen LogP) is -0.290. The molecule has 0 aromatic carbocycles. The van der Waals surface area contributed by atoms with Gasteiger partial charge in [0, 0.05) is 32.6 Å². The average Bonchev–Trinajstić information content (AvgIpc) is 3.18. The summed E-state index contributed by atoms with van der Waals surface area (Å²) in [5.74, 6) is 0.365. The van der Waals surface area contributed by atoms with E-state index in [-0.39, 0.29) is 23.1 Å². The molecule has 0 radical (unpaired) electrons. The van der Waals surface area contributed by atoms with Gasteiger partial charge in [-0.3, -0.25) is 9.59 Å². The molecule has 1 saturated heterocycles. The molecule has 0 aromatic rings. The molecule has 0 aromatic heterocycles. The topological polar surface area (TPSA) is 75.4 Å². The smallest absolute Gasteiger partial charge is 0.230 e. The Balaban J connectivity index is 1.87. The van der Waals surface area contributed by atoms with Crippen molar-refractivity contribution in [2.24, 2.45) is 17.1 Å². The Bertz CT molecular complexity index is 318. The van der Waals surface area contributed by atoms with Crippen LogP contribution in [-0.2, 0) is 9.59 Å². The number of rotatable bonds is 3. The summed E-state index contributed by atoms with van der Waals surface area (Å²) in [5.41, 5.74) is 5.41. The van der Waals surface area contributed by atoms with Gasteiger partial charge in [0.15, 0.2) is 0 Å². The molecule has 0 bridgehead atoms. The van der Waals surface area contributed by atoms with Crippen LogP contribution in [0.15, 0.2) is 0 Å². The molecule has 2 aliphatic rings. The lowest BCUT2D eigenvalue weighted by Crippen LogP contribution is -2.46. The molecule has 1 heterocycles. The second-order valence-electron chi connectivity index (χ2n) is 5.17. The Kier molecular flexibility index (Phi) is 3.38. The molecule has 1 aliphatic carbocycles. The van der Waals surface area contributed by atoms with Crippen molar-refractivity contribution in [3.8, 4) is 0 Å². The number of likely N-dealkylation sites (tertiary alicyclic amines) is 1. The van der Waals surface area contributed by atoms with Gasteiger partial charge in [-0.05, 0) is 25.7 Å². The van der Waals surface area contributed by atoms with E-state index < -0.39 is 0 Å². The van der Waals surface area contributed by atoms with Gasteiger partial charge in [-0.2, -0.15) is 0 Å². The van der Waals surface area contributed by atoms with Crippen molar-refractivity contribution < 1.29 is 9.59 Å². The lowest BCUT2D eigenvalue weighted by atomic mass is 9.94. The van der Waals surface area contributed by atoms with Gasteiger partial charge in [-0.25, -0.2) is 0 Å². The van der Waals surface area contributed by atoms with Crippen LogP contribution < -0.4 is 11.1 Å². The Morgan fingerprint density at radius 3 is 2.35 bits per heavy atom. The molecule has 2 rings (SSSR count). The minimum Gasteiger partial charge on any atom is -0.359 e. The van der Waals surface area contributed by atoms with Crippen LogP contribution in [0.4, 0.5) is 0 Å². The summed E-state index contributed by atoms with van der Waals surface area (Å²) >= 11 is 0. The first-order valence-electron chi connectivity index (χ1n) is 6.34. The van der Waals surface area contributed by atoms with E-state index in [1.807, 2.05) is 4.90 Å². The van der Waals surface area contributed by atoms with E-state index in [0.29, 0.717) is 19.6 Å². The number of hydrogen-bond acceptors (Lipinski definition) is 3. The van der Waals surface area contributed by atoms with Gasteiger partial charge < -0.3 is 16.0 Å². The van der Waals surface area contributed by atoms with Gasteiger partial charge in [0.1, 0.15) is 0 Å². The zero-order chi connectivity index (χ0) is 12.5. The first-order valence-corrected chi connectivity index (χ1v) is 6.34. The highest BCUT2D eigenvalue weighted by atomic mass is 16.2. The predicted molar refractivity (Wildman–Crippen MR) is 64.1 cm³/mol. The van der Waals surface area contributed by atoms with Crippen LogP contribution in [0.25, 0.3) is 0 Å². The van der Waals surface area contributed by atoms with Crippen LogP contribution in [0.3, 0.4) is 0 Å². The summed E-state index contributed by atoms with van der Waals surface area (Å²) < 4.78 is 0. The lowest BCUT2D eigenvalue weighted by Gasteiger charge is -2.33. The molecule has 0 spiro atoms. The third-order valence-corrected chi connectivity index (χ3v) is 4.10. The van der Waals surface area contributed by atoms with E-state index in [4.69, 9.17) is 5.73 Å². The van der Waals surface area contributed by atoms with Crippen LogP contribution in [0.5, 0.6) is 0 Å². The standard InChI is InChI=1S/C12H21N3O2/c1-14-10(16)9-2-6-15(7-3-9)11(17)12(8-13)4-5-12/h9H,2-8,13H2,1H3,(H,14,16). The van der Waals surface area contributed by atoms with E-state index in [0.717, 1.165) is 25.7 Å². The van der Waals surface area contributed by atoms with E-state index >= 15 is 0 Å². The summed E-state index contributed by atoms with van der Waals surface area (Å²) in [6.07, 6.45) is 3.40. The van der Waals surface area contributed by atoms with Gasteiger partial charge in [0.2, 0.25) is 11.8 Å². The maximum atomic E-state index is 12.2. The van der Waals surface area contributed by atoms with Crippen molar-refractivity contribution in [1.29, 1.82) is 0 Å². The molecule has 0 atom stereocenters. The minimum atomic E-state index is -0.250. The van der Waals surface area contributed by atoms with Crippen molar-refractivity contribution in [3.05, 3.63) is 0 Å². The zero-order valence-electron chi connectivity index (χ0n) is 10.4. The third-order valence-electron chi connectivity index (χ3n) is 4.10. The summed E-state index contributed by atoms with van der Waals surface area (Å²) in [7, 11) is 1.66. The average molecular weight is 239 g/mol. The van der Waals surface area contributed by atoms with Crippen LogP contribution in [-0.4, -0.2) is 43.4 Å². The Morgan fingerprint density at radius 2 is 1.94 bits per heavy atom. The normalized spacial score (nSPS) is 23.3. The molecule has 1 aliphatic heterocycles. The number of amides is 2. The number of piperidine rings is 1. The Labute approximate surface area is 102 Å². The second-order valence-corrected chi connectivity index (χ2v) is 5.17. The second kappa shape index (κ2) is 4.64. The molecule has 17 heavy (non-hydrogen) atoms. The van der Waals surface area contributed by atoms with Gasteiger partial charge >= 0.3 is 0 Å². The summed E-state index contributed by atoms with van der Waals surface area (Å²) in [5, 5.41) is 2.67. The highest BCUT2D eigenvalue weighted by Gasteiger charge is 2.50. The van der Waals surface area contributed by atoms with Gasteiger partial charge in [-0.15, -0.1) is 0 Å². The highest BCUT2D eigenvalue weighted by Crippen LogP contribution is 2.46. The molecular formula is C12H21N3O2. The van der Waals surface area contributed by atoms with Crippen molar-refractivity contribution in [2.75, 3.05) is 26.7 Å². The van der Waals surface area contributed by atoms with Gasteiger partial charge in [-0.1, -0.05) is 0 Å². The van der Waals surface area contributed by atoms with Crippen molar-refractivity contribution in [1.82, 2.24) is 10.2 Å². The third kappa shape index (κ3) is 2.29. The molecule has 2 amide bonds. The molecule has 3 N–H and O–H groups in total. The quantitative estimate of drug-likeness (QED) is 0.710. The van der Waals surface area contributed by atoms with Crippen LogP contribution >= 0.6 is 0 Å². The summed E-state index contributed by atoms with van der Waals surface area (Å²) in [4.78, 5) is 25.6. The first-order chi connectivity index (χ1) is 8.13. The molecule has 0 unspecified atom stereocenters. The number of carbonyl (C=O) groups excluding carboxylic acids is 2. The van der Waals surface area contributed by atoms with E-state index in [2.05, 4.69) is 5.32 Å². The van der Waals surface area contributed by atoms with Crippen molar-refractivity contribution >= 4 is 11.8 Å². The Hall–Kier alpha value is -1.10. The number of nitrogens with two attached hydrogens (primary N) is 1. The number of nitrogens with one attached hydrogen (secondary N) is 1. The number of hydrogen-bond donors (Lipinski definition) is 2. The van der Waals surface area contributed by atoms with Gasteiger partial charge in [0.05, 0.1) is 5.41 Å². The fourth-order valence-corrected chi connectivity index (χ4v) is 2.54.